The molecule has 0 saturated carbocycles. The third-order valence-corrected chi connectivity index (χ3v) is 4.21. The maximum absolute atomic E-state index is 6.52. The minimum atomic E-state index is -0.114. The van der Waals surface area contributed by atoms with Crippen molar-refractivity contribution in [3.8, 4) is 5.75 Å². The first-order valence-corrected chi connectivity index (χ1v) is 7.84. The Bertz CT molecular complexity index is 572. The molecule has 0 heterocycles. The van der Waals surface area contributed by atoms with Gasteiger partial charge < -0.3 is 4.74 Å². The maximum Gasteiger partial charge on any atom is 0.124 e. The topological polar surface area (TPSA) is 9.23 Å². The minimum absolute atomic E-state index is 0.114. The number of hydrogen-bond acceptors (Lipinski definition) is 1. The zero-order chi connectivity index (χ0) is 13.8. The van der Waals surface area contributed by atoms with Crippen molar-refractivity contribution < 1.29 is 4.74 Å². The van der Waals surface area contributed by atoms with Gasteiger partial charge in [-0.15, -0.1) is 11.6 Å². The van der Waals surface area contributed by atoms with Crippen LogP contribution in [0.3, 0.4) is 0 Å². The molecule has 1 nitrogen and oxygen atoms in total. The summed E-state index contributed by atoms with van der Waals surface area (Å²) in [6.45, 7) is 0. The molecular weight excluding hydrogens is 391 g/mol. The van der Waals surface area contributed by atoms with E-state index in [1.54, 1.807) is 7.11 Å². The van der Waals surface area contributed by atoms with E-state index in [1.165, 1.54) is 5.56 Å². The van der Waals surface area contributed by atoms with Gasteiger partial charge in [0.1, 0.15) is 5.75 Å². The van der Waals surface area contributed by atoms with E-state index < -0.39 is 0 Å². The van der Waals surface area contributed by atoms with Gasteiger partial charge in [0, 0.05) is 14.5 Å². The molecule has 0 bridgehead atoms. The summed E-state index contributed by atoms with van der Waals surface area (Å²) in [7, 11) is 1.66. The van der Waals surface area contributed by atoms with Crippen LogP contribution >= 0.6 is 43.5 Å². The molecular formula is C15H13Br2ClO. The molecule has 1 atom stereocenters. The summed E-state index contributed by atoms with van der Waals surface area (Å²) in [4.78, 5) is 0. The van der Waals surface area contributed by atoms with E-state index >= 15 is 0 Å². The van der Waals surface area contributed by atoms with Crippen molar-refractivity contribution in [2.24, 2.45) is 0 Å². The molecule has 0 aliphatic rings. The van der Waals surface area contributed by atoms with Crippen LogP contribution in [0.5, 0.6) is 5.75 Å². The SMILES string of the molecule is COc1cc(Br)ccc1C(Cl)Cc1cccc(Br)c1. The van der Waals surface area contributed by atoms with E-state index in [9.17, 15) is 0 Å². The van der Waals surface area contributed by atoms with Crippen molar-refractivity contribution in [1.29, 1.82) is 0 Å². The quantitative estimate of drug-likeness (QED) is 0.590. The van der Waals surface area contributed by atoms with Gasteiger partial charge in [0.05, 0.1) is 12.5 Å². The van der Waals surface area contributed by atoms with Crippen LogP contribution in [0.15, 0.2) is 51.4 Å². The molecule has 0 aliphatic carbocycles. The van der Waals surface area contributed by atoms with Crippen LogP contribution in [0, 0.1) is 0 Å². The molecule has 0 aliphatic heterocycles. The van der Waals surface area contributed by atoms with Crippen molar-refractivity contribution in [3.63, 3.8) is 0 Å². The van der Waals surface area contributed by atoms with E-state index in [0.29, 0.717) is 0 Å². The molecule has 4 heteroatoms. The van der Waals surface area contributed by atoms with Crippen molar-refractivity contribution >= 4 is 43.5 Å². The number of hydrogen-bond donors (Lipinski definition) is 0. The standard InChI is InChI=1S/C15H13Br2ClO/c1-19-15-9-12(17)5-6-13(15)14(18)8-10-3-2-4-11(16)7-10/h2-7,9,14H,8H2,1H3. The third kappa shape index (κ3) is 3.98. The predicted molar refractivity (Wildman–Crippen MR) is 87.1 cm³/mol. The predicted octanol–water partition coefficient (Wildman–Crippen LogP) is 5.74. The zero-order valence-electron chi connectivity index (χ0n) is 10.4. The van der Waals surface area contributed by atoms with Gasteiger partial charge in [0.2, 0.25) is 0 Å². The molecule has 0 fully saturated rings. The number of methoxy groups -OCH3 is 1. The number of benzene rings is 2. The molecule has 0 N–H and O–H groups in total. The molecule has 0 amide bonds. The summed E-state index contributed by atoms with van der Waals surface area (Å²) in [6, 6.07) is 14.1. The van der Waals surface area contributed by atoms with Gasteiger partial charge >= 0.3 is 0 Å². The highest BCUT2D eigenvalue weighted by Crippen LogP contribution is 2.34. The summed E-state index contributed by atoms with van der Waals surface area (Å²) in [5.41, 5.74) is 2.20. The molecule has 2 rings (SSSR count). The van der Waals surface area contributed by atoms with E-state index in [4.69, 9.17) is 16.3 Å². The highest BCUT2D eigenvalue weighted by atomic mass is 79.9. The fourth-order valence-corrected chi connectivity index (χ4v) is 3.07. The van der Waals surface area contributed by atoms with Crippen LogP contribution in [-0.2, 0) is 6.42 Å². The second-order valence-corrected chi connectivity index (χ2v) is 6.55. The van der Waals surface area contributed by atoms with Gasteiger partial charge in [0.15, 0.2) is 0 Å². The van der Waals surface area contributed by atoms with Gasteiger partial charge in [-0.05, 0) is 36.2 Å². The zero-order valence-corrected chi connectivity index (χ0v) is 14.3. The molecule has 19 heavy (non-hydrogen) atoms. The second-order valence-electron chi connectivity index (χ2n) is 4.19. The van der Waals surface area contributed by atoms with Crippen molar-refractivity contribution in [2.75, 3.05) is 7.11 Å². The summed E-state index contributed by atoms with van der Waals surface area (Å²) >= 11 is 13.4. The third-order valence-electron chi connectivity index (χ3n) is 2.84. The smallest absolute Gasteiger partial charge is 0.124 e. The minimum Gasteiger partial charge on any atom is -0.496 e. The lowest BCUT2D eigenvalue weighted by atomic mass is 10.0. The van der Waals surface area contributed by atoms with Gasteiger partial charge in [-0.25, -0.2) is 0 Å². The Kier molecular flexibility index (Phi) is 5.31. The molecule has 2 aromatic carbocycles. The Morgan fingerprint density at radius 2 is 1.84 bits per heavy atom. The summed E-state index contributed by atoms with van der Waals surface area (Å²) < 4.78 is 7.44. The number of rotatable bonds is 4. The Balaban J connectivity index is 2.22. The number of alkyl halides is 1. The van der Waals surface area contributed by atoms with Crippen LogP contribution in [0.2, 0.25) is 0 Å². The fraction of sp³-hybridized carbons (Fsp3) is 0.200. The highest BCUT2D eigenvalue weighted by Gasteiger charge is 2.14. The van der Waals surface area contributed by atoms with Gasteiger partial charge in [-0.3, -0.25) is 0 Å². The fourth-order valence-electron chi connectivity index (χ4n) is 1.92. The Morgan fingerprint density at radius 1 is 1.11 bits per heavy atom. The molecule has 0 spiro atoms. The van der Waals surface area contributed by atoms with Gasteiger partial charge in [-0.2, -0.15) is 0 Å². The number of halogens is 3. The Labute approximate surface area is 135 Å². The first-order valence-electron chi connectivity index (χ1n) is 5.82. The second kappa shape index (κ2) is 6.78. The molecule has 0 saturated heterocycles. The van der Waals surface area contributed by atoms with Crippen LogP contribution in [0.25, 0.3) is 0 Å². The Morgan fingerprint density at radius 3 is 2.53 bits per heavy atom. The highest BCUT2D eigenvalue weighted by molar-refractivity contribution is 9.10. The average Bonchev–Trinajstić information content (AvgIpc) is 2.38. The normalized spacial score (nSPS) is 12.2. The molecule has 2 aromatic rings. The lowest BCUT2D eigenvalue weighted by Crippen LogP contribution is -1.99. The van der Waals surface area contributed by atoms with Crippen molar-refractivity contribution in [2.45, 2.75) is 11.8 Å². The van der Waals surface area contributed by atoms with Gasteiger partial charge in [-0.1, -0.05) is 50.1 Å². The van der Waals surface area contributed by atoms with E-state index in [-0.39, 0.29) is 5.38 Å². The van der Waals surface area contributed by atoms with Crippen LogP contribution in [0.4, 0.5) is 0 Å². The van der Waals surface area contributed by atoms with Crippen LogP contribution in [0.1, 0.15) is 16.5 Å². The van der Waals surface area contributed by atoms with E-state index in [1.807, 2.05) is 30.3 Å². The number of ether oxygens (including phenoxy) is 1. The van der Waals surface area contributed by atoms with Crippen molar-refractivity contribution in [3.05, 3.63) is 62.5 Å². The lowest BCUT2D eigenvalue weighted by molar-refractivity contribution is 0.408. The van der Waals surface area contributed by atoms with Crippen LogP contribution in [-0.4, -0.2) is 7.11 Å². The summed E-state index contributed by atoms with van der Waals surface area (Å²) in [5, 5.41) is -0.114. The van der Waals surface area contributed by atoms with Crippen molar-refractivity contribution in [1.82, 2.24) is 0 Å². The Hall–Kier alpha value is -0.510. The lowest BCUT2D eigenvalue weighted by Gasteiger charge is -2.14. The van der Waals surface area contributed by atoms with Gasteiger partial charge in [0.25, 0.3) is 0 Å². The average molecular weight is 405 g/mol. The summed E-state index contributed by atoms with van der Waals surface area (Å²) in [6.07, 6.45) is 0.763. The molecule has 1 unspecified atom stereocenters. The monoisotopic (exact) mass is 402 g/mol. The van der Waals surface area contributed by atoms with E-state index in [2.05, 4.69) is 44.0 Å². The molecule has 0 aromatic heterocycles. The molecule has 100 valence electrons. The summed E-state index contributed by atoms with van der Waals surface area (Å²) in [5.74, 6) is 0.810. The van der Waals surface area contributed by atoms with Crippen LogP contribution < -0.4 is 4.74 Å². The largest absolute Gasteiger partial charge is 0.496 e. The maximum atomic E-state index is 6.52. The van der Waals surface area contributed by atoms with E-state index in [0.717, 1.165) is 26.7 Å². The molecule has 0 radical (unpaired) electrons. The first kappa shape index (κ1) is 14.9. The first-order chi connectivity index (χ1) is 9.10.